The first kappa shape index (κ1) is 15.4. The molecule has 106 valence electrons. The highest BCUT2D eigenvalue weighted by Crippen LogP contribution is 2.36. The number of anilines is 1. The van der Waals surface area contributed by atoms with E-state index in [1.807, 2.05) is 0 Å². The van der Waals surface area contributed by atoms with E-state index in [0.29, 0.717) is 4.47 Å². The summed E-state index contributed by atoms with van der Waals surface area (Å²) in [6.45, 7) is 0. The molecule has 0 amide bonds. The van der Waals surface area contributed by atoms with E-state index in [2.05, 4.69) is 20.7 Å². The van der Waals surface area contributed by atoms with Crippen molar-refractivity contribution in [2.24, 2.45) is 0 Å². The Hall–Kier alpha value is -0.950. The lowest BCUT2D eigenvalue weighted by atomic mass is 10.3. The van der Waals surface area contributed by atoms with Crippen molar-refractivity contribution >= 4 is 54.8 Å². The number of benzene rings is 2. The molecule has 0 heterocycles. The molecular weight excluding hydrogens is 389 g/mol. The third-order valence-corrected chi connectivity index (χ3v) is 5.54. The Balaban J connectivity index is 2.41. The maximum Gasteiger partial charge on any atom is 0.262 e. The Labute approximate surface area is 134 Å². The van der Waals surface area contributed by atoms with E-state index in [9.17, 15) is 13.5 Å². The van der Waals surface area contributed by atoms with E-state index in [-0.39, 0.29) is 26.4 Å². The summed E-state index contributed by atoms with van der Waals surface area (Å²) in [5.74, 6) is -0.146. The van der Waals surface area contributed by atoms with Gasteiger partial charge in [-0.3, -0.25) is 4.72 Å². The fourth-order valence-corrected chi connectivity index (χ4v) is 3.45. The highest BCUT2D eigenvalue weighted by atomic mass is 79.9. The second-order valence-corrected chi connectivity index (χ2v) is 7.12. The lowest BCUT2D eigenvalue weighted by Gasteiger charge is -2.11. The van der Waals surface area contributed by atoms with Crippen LogP contribution >= 0.6 is 39.1 Å². The van der Waals surface area contributed by atoms with E-state index in [0.717, 1.165) is 6.07 Å². The summed E-state index contributed by atoms with van der Waals surface area (Å²) in [6.07, 6.45) is 0. The summed E-state index contributed by atoms with van der Waals surface area (Å²) in [7, 11) is -3.86. The van der Waals surface area contributed by atoms with Crippen molar-refractivity contribution in [3.05, 3.63) is 50.9 Å². The number of hydrogen-bond donors (Lipinski definition) is 2. The average Bonchev–Trinajstić information content (AvgIpc) is 2.39. The largest absolute Gasteiger partial charge is 0.508 e. The minimum atomic E-state index is -3.86. The lowest BCUT2D eigenvalue weighted by Crippen LogP contribution is -2.13. The Morgan fingerprint density at radius 1 is 1.10 bits per heavy atom. The zero-order valence-corrected chi connectivity index (χ0v) is 13.7. The van der Waals surface area contributed by atoms with E-state index < -0.39 is 10.0 Å². The quantitative estimate of drug-likeness (QED) is 0.761. The van der Waals surface area contributed by atoms with Crippen LogP contribution in [-0.2, 0) is 10.0 Å². The third kappa shape index (κ3) is 3.20. The summed E-state index contributed by atoms with van der Waals surface area (Å²) in [6, 6.07) is 8.36. The topological polar surface area (TPSA) is 66.4 Å². The van der Waals surface area contributed by atoms with Crippen LogP contribution in [0.1, 0.15) is 0 Å². The number of nitrogens with one attached hydrogen (secondary N) is 1. The van der Waals surface area contributed by atoms with Gasteiger partial charge >= 0.3 is 0 Å². The number of phenolic OH excluding ortho intramolecular Hbond substituents is 1. The van der Waals surface area contributed by atoms with Crippen molar-refractivity contribution in [1.82, 2.24) is 0 Å². The Bertz CT molecular complexity index is 765. The van der Waals surface area contributed by atoms with Gasteiger partial charge in [-0.2, -0.15) is 0 Å². The minimum absolute atomic E-state index is 0.0763. The number of halogens is 3. The first-order valence-electron chi connectivity index (χ1n) is 5.26. The molecule has 2 N–H and O–H groups in total. The van der Waals surface area contributed by atoms with Gasteiger partial charge in [-0.05, 0) is 40.2 Å². The number of hydrogen-bond acceptors (Lipinski definition) is 3. The first-order valence-corrected chi connectivity index (χ1v) is 8.30. The SMILES string of the molecule is O=S(=O)(Nc1ccc(Br)c(Cl)c1Cl)c1cccc(O)c1. The monoisotopic (exact) mass is 395 g/mol. The van der Waals surface area contributed by atoms with Crippen molar-refractivity contribution in [3.8, 4) is 5.75 Å². The predicted octanol–water partition coefficient (Wildman–Crippen LogP) is 4.26. The molecule has 0 aliphatic rings. The molecule has 4 nitrogen and oxygen atoms in total. The Kier molecular flexibility index (Phi) is 4.49. The minimum Gasteiger partial charge on any atom is -0.508 e. The summed E-state index contributed by atoms with van der Waals surface area (Å²) < 4.78 is 27.2. The molecule has 0 unspecified atom stereocenters. The van der Waals surface area contributed by atoms with Crippen molar-refractivity contribution in [2.45, 2.75) is 4.90 Å². The van der Waals surface area contributed by atoms with Crippen LogP contribution in [0.15, 0.2) is 45.8 Å². The van der Waals surface area contributed by atoms with Gasteiger partial charge in [0, 0.05) is 10.5 Å². The molecule has 0 aromatic heterocycles. The number of aromatic hydroxyl groups is 1. The number of rotatable bonds is 3. The smallest absolute Gasteiger partial charge is 0.262 e. The van der Waals surface area contributed by atoms with Crippen LogP contribution in [0.25, 0.3) is 0 Å². The molecular formula is C12H8BrCl2NO3S. The molecule has 0 saturated heterocycles. The summed E-state index contributed by atoms with van der Waals surface area (Å²) in [4.78, 5) is -0.0763. The van der Waals surface area contributed by atoms with Crippen molar-refractivity contribution < 1.29 is 13.5 Å². The van der Waals surface area contributed by atoms with Gasteiger partial charge in [-0.1, -0.05) is 29.3 Å². The van der Waals surface area contributed by atoms with Crippen LogP contribution in [0.5, 0.6) is 5.75 Å². The molecule has 2 aromatic carbocycles. The first-order chi connectivity index (χ1) is 9.31. The molecule has 20 heavy (non-hydrogen) atoms. The molecule has 2 rings (SSSR count). The van der Waals surface area contributed by atoms with Gasteiger partial charge in [0.1, 0.15) is 5.75 Å². The average molecular weight is 397 g/mol. The van der Waals surface area contributed by atoms with Crippen LogP contribution in [0.3, 0.4) is 0 Å². The molecule has 2 aromatic rings. The summed E-state index contributed by atoms with van der Waals surface area (Å²) in [5.41, 5.74) is 0.156. The van der Waals surface area contributed by atoms with Crippen molar-refractivity contribution in [2.75, 3.05) is 4.72 Å². The van der Waals surface area contributed by atoms with E-state index >= 15 is 0 Å². The molecule has 0 atom stereocenters. The van der Waals surface area contributed by atoms with E-state index in [1.165, 1.54) is 24.3 Å². The molecule has 0 saturated carbocycles. The highest BCUT2D eigenvalue weighted by molar-refractivity contribution is 9.10. The number of phenols is 1. The van der Waals surface area contributed by atoms with Gasteiger partial charge in [0.2, 0.25) is 0 Å². The molecule has 0 aliphatic carbocycles. The summed E-state index contributed by atoms with van der Waals surface area (Å²) >= 11 is 15.1. The van der Waals surface area contributed by atoms with Gasteiger partial charge in [-0.25, -0.2) is 8.42 Å². The third-order valence-electron chi connectivity index (χ3n) is 2.41. The second-order valence-electron chi connectivity index (χ2n) is 3.83. The van der Waals surface area contributed by atoms with Crippen LogP contribution in [0, 0.1) is 0 Å². The second kappa shape index (κ2) is 5.81. The zero-order chi connectivity index (χ0) is 14.9. The van der Waals surface area contributed by atoms with Crippen LogP contribution in [0.4, 0.5) is 5.69 Å². The Morgan fingerprint density at radius 3 is 2.45 bits per heavy atom. The molecule has 8 heteroatoms. The van der Waals surface area contributed by atoms with Gasteiger partial charge in [-0.15, -0.1) is 0 Å². The van der Waals surface area contributed by atoms with Gasteiger partial charge in [0.15, 0.2) is 0 Å². The molecule has 0 bridgehead atoms. The van der Waals surface area contributed by atoms with Gasteiger partial charge in [0.25, 0.3) is 10.0 Å². The number of sulfonamides is 1. The maximum atomic E-state index is 12.2. The highest BCUT2D eigenvalue weighted by Gasteiger charge is 2.18. The fraction of sp³-hybridized carbons (Fsp3) is 0. The van der Waals surface area contributed by atoms with Crippen molar-refractivity contribution in [1.29, 1.82) is 0 Å². The van der Waals surface area contributed by atoms with Crippen LogP contribution < -0.4 is 4.72 Å². The summed E-state index contributed by atoms with van der Waals surface area (Å²) in [5, 5.41) is 9.63. The maximum absolute atomic E-state index is 12.2. The van der Waals surface area contributed by atoms with E-state index in [1.54, 1.807) is 6.07 Å². The van der Waals surface area contributed by atoms with Gasteiger partial charge < -0.3 is 5.11 Å². The predicted molar refractivity (Wildman–Crippen MR) is 83.1 cm³/mol. The standard InChI is InChI=1S/C12H8BrCl2NO3S/c13-9-4-5-10(12(15)11(9)14)16-20(18,19)8-3-1-2-7(17)6-8/h1-6,16-17H. The normalized spacial score (nSPS) is 11.3. The Morgan fingerprint density at radius 2 is 1.80 bits per heavy atom. The fourth-order valence-electron chi connectivity index (χ4n) is 1.46. The molecule has 0 spiro atoms. The van der Waals surface area contributed by atoms with Crippen molar-refractivity contribution in [3.63, 3.8) is 0 Å². The molecule has 0 fully saturated rings. The van der Waals surface area contributed by atoms with Crippen LogP contribution in [-0.4, -0.2) is 13.5 Å². The van der Waals surface area contributed by atoms with Crippen LogP contribution in [0.2, 0.25) is 10.0 Å². The van der Waals surface area contributed by atoms with Gasteiger partial charge in [0.05, 0.1) is 20.6 Å². The molecule has 0 radical (unpaired) electrons. The molecule has 0 aliphatic heterocycles. The lowest BCUT2D eigenvalue weighted by molar-refractivity contribution is 0.473. The van der Waals surface area contributed by atoms with E-state index in [4.69, 9.17) is 23.2 Å². The zero-order valence-electron chi connectivity index (χ0n) is 9.77.